The van der Waals surface area contributed by atoms with E-state index >= 15 is 0 Å². The highest BCUT2D eigenvalue weighted by Crippen LogP contribution is 2.32. The molecule has 0 saturated carbocycles. The summed E-state index contributed by atoms with van der Waals surface area (Å²) >= 11 is 0. The maximum Gasteiger partial charge on any atom is 0.285 e. The number of methoxy groups -OCH3 is 3. The summed E-state index contributed by atoms with van der Waals surface area (Å²) in [6, 6.07) is 0. The Kier molecular flexibility index (Phi) is 13.0. The second-order valence-corrected chi connectivity index (χ2v) is 7.57. The first kappa shape index (κ1) is 23.8. The molecule has 0 N–H and O–H groups in total. The van der Waals surface area contributed by atoms with E-state index in [9.17, 15) is 0 Å². The Bertz CT molecular complexity index is 274. The molecule has 0 bridgehead atoms. The summed E-state index contributed by atoms with van der Waals surface area (Å²) < 4.78 is 22.7. The molecule has 1 atom stereocenters. The fraction of sp³-hybridized carbons (Fsp3) is 1.00. The van der Waals surface area contributed by atoms with Gasteiger partial charge < -0.3 is 18.9 Å². The molecule has 0 radical (unpaired) electrons. The summed E-state index contributed by atoms with van der Waals surface area (Å²) in [5.41, 5.74) is -0.0877. The Morgan fingerprint density at radius 3 is 1.71 bits per heavy atom. The fourth-order valence-corrected chi connectivity index (χ4v) is 3.13. The molecular weight excluding hydrogens is 304 g/mol. The summed E-state index contributed by atoms with van der Waals surface area (Å²) in [5, 5.41) is 0. The molecule has 0 aliphatic rings. The van der Waals surface area contributed by atoms with E-state index < -0.39 is 5.97 Å². The first-order chi connectivity index (χ1) is 11.3. The molecule has 0 aromatic heterocycles. The van der Waals surface area contributed by atoms with Crippen molar-refractivity contribution in [3.05, 3.63) is 0 Å². The Balaban J connectivity index is 4.43. The highest BCUT2D eigenvalue weighted by Gasteiger charge is 2.39. The summed E-state index contributed by atoms with van der Waals surface area (Å²) in [7, 11) is 4.98. The van der Waals surface area contributed by atoms with Gasteiger partial charge in [0.1, 0.15) is 0 Å². The van der Waals surface area contributed by atoms with Gasteiger partial charge in [0.25, 0.3) is 5.97 Å². The summed E-state index contributed by atoms with van der Waals surface area (Å²) in [4.78, 5) is 0. The van der Waals surface area contributed by atoms with Crippen molar-refractivity contribution >= 4 is 0 Å². The molecule has 0 heterocycles. The van der Waals surface area contributed by atoms with Crippen LogP contribution in [0.25, 0.3) is 0 Å². The van der Waals surface area contributed by atoms with Gasteiger partial charge in [0, 0.05) is 33.9 Å². The molecule has 0 aromatic rings. The van der Waals surface area contributed by atoms with E-state index in [1.54, 1.807) is 21.3 Å². The van der Waals surface area contributed by atoms with Crippen molar-refractivity contribution in [2.45, 2.75) is 97.1 Å². The van der Waals surface area contributed by atoms with Crippen molar-refractivity contribution in [2.24, 2.45) is 5.92 Å². The first-order valence-electron chi connectivity index (χ1n) is 9.64. The van der Waals surface area contributed by atoms with Gasteiger partial charge in [-0.1, -0.05) is 45.4 Å². The summed E-state index contributed by atoms with van der Waals surface area (Å²) in [6.07, 6.45) is 10.7. The third kappa shape index (κ3) is 9.97. The van der Waals surface area contributed by atoms with Crippen molar-refractivity contribution < 1.29 is 18.9 Å². The number of unbranched alkanes of at least 4 members (excludes halogenated alkanes) is 5. The molecule has 0 aliphatic carbocycles. The molecule has 0 aliphatic heterocycles. The molecule has 0 spiro atoms. The standard InChI is InChI=1S/C20H42O4/c1-8-9-10-11-12-13-15-18(20(21-5,22-6)23-7)16-14-17-24-19(2,3)4/h18H,8-17H2,1-7H3. The van der Waals surface area contributed by atoms with Crippen molar-refractivity contribution in [2.75, 3.05) is 27.9 Å². The van der Waals surface area contributed by atoms with Gasteiger partial charge in [0.05, 0.1) is 5.60 Å². The molecule has 0 fully saturated rings. The lowest BCUT2D eigenvalue weighted by Crippen LogP contribution is -2.44. The first-order valence-corrected chi connectivity index (χ1v) is 9.64. The van der Waals surface area contributed by atoms with Crippen LogP contribution in [0.3, 0.4) is 0 Å². The Hall–Kier alpha value is -0.160. The van der Waals surface area contributed by atoms with E-state index in [-0.39, 0.29) is 11.5 Å². The zero-order valence-corrected chi connectivity index (χ0v) is 17.3. The minimum atomic E-state index is -0.939. The van der Waals surface area contributed by atoms with Crippen LogP contribution in [0, 0.1) is 5.92 Å². The predicted molar refractivity (Wildman–Crippen MR) is 100 cm³/mol. The van der Waals surface area contributed by atoms with E-state index in [0.29, 0.717) is 0 Å². The Morgan fingerprint density at radius 1 is 0.708 bits per heavy atom. The molecule has 0 aromatic carbocycles. The topological polar surface area (TPSA) is 36.9 Å². The second-order valence-electron chi connectivity index (χ2n) is 7.57. The normalized spacial score (nSPS) is 14.1. The third-order valence-corrected chi connectivity index (χ3v) is 4.49. The van der Waals surface area contributed by atoms with Crippen LogP contribution in [0.4, 0.5) is 0 Å². The zero-order chi connectivity index (χ0) is 18.5. The van der Waals surface area contributed by atoms with Gasteiger partial charge in [0.15, 0.2) is 0 Å². The largest absolute Gasteiger partial charge is 0.376 e. The minimum Gasteiger partial charge on any atom is -0.376 e. The van der Waals surface area contributed by atoms with E-state index in [2.05, 4.69) is 27.7 Å². The van der Waals surface area contributed by atoms with Gasteiger partial charge >= 0.3 is 0 Å². The van der Waals surface area contributed by atoms with Crippen LogP contribution in [-0.4, -0.2) is 39.5 Å². The van der Waals surface area contributed by atoms with Crippen LogP contribution < -0.4 is 0 Å². The highest BCUT2D eigenvalue weighted by molar-refractivity contribution is 4.72. The van der Waals surface area contributed by atoms with E-state index in [1.165, 1.54) is 38.5 Å². The monoisotopic (exact) mass is 346 g/mol. The number of ether oxygens (including phenoxy) is 4. The van der Waals surface area contributed by atoms with Gasteiger partial charge in [-0.3, -0.25) is 0 Å². The highest BCUT2D eigenvalue weighted by atomic mass is 16.9. The van der Waals surface area contributed by atoms with Crippen LogP contribution in [-0.2, 0) is 18.9 Å². The van der Waals surface area contributed by atoms with Gasteiger partial charge in [0.2, 0.25) is 0 Å². The van der Waals surface area contributed by atoms with Crippen LogP contribution >= 0.6 is 0 Å². The Morgan fingerprint density at radius 2 is 1.21 bits per heavy atom. The second kappa shape index (κ2) is 13.1. The van der Waals surface area contributed by atoms with E-state index in [0.717, 1.165) is 25.9 Å². The van der Waals surface area contributed by atoms with Crippen LogP contribution in [0.2, 0.25) is 0 Å². The number of rotatable bonds is 15. The van der Waals surface area contributed by atoms with Crippen molar-refractivity contribution in [3.63, 3.8) is 0 Å². The molecule has 146 valence electrons. The smallest absolute Gasteiger partial charge is 0.285 e. The summed E-state index contributed by atoms with van der Waals surface area (Å²) in [5.74, 6) is -0.724. The maximum absolute atomic E-state index is 5.84. The number of hydrogen-bond acceptors (Lipinski definition) is 4. The fourth-order valence-electron chi connectivity index (χ4n) is 3.13. The zero-order valence-electron chi connectivity index (χ0n) is 17.3. The predicted octanol–water partition coefficient (Wildman–Crippen LogP) is 5.54. The van der Waals surface area contributed by atoms with E-state index in [1.807, 2.05) is 0 Å². The van der Waals surface area contributed by atoms with Crippen molar-refractivity contribution in [1.82, 2.24) is 0 Å². The average molecular weight is 347 g/mol. The lowest BCUT2D eigenvalue weighted by molar-refractivity contribution is -0.380. The molecular formula is C20H42O4. The molecule has 1 unspecified atom stereocenters. The molecule has 0 saturated heterocycles. The SMILES string of the molecule is CCCCCCCCC(CCCOC(C)(C)C)C(OC)(OC)OC. The molecule has 0 rings (SSSR count). The molecule has 0 amide bonds. The van der Waals surface area contributed by atoms with Crippen LogP contribution in [0.1, 0.15) is 85.5 Å². The van der Waals surface area contributed by atoms with Crippen LogP contribution in [0.5, 0.6) is 0 Å². The Labute approximate surface area is 150 Å². The lowest BCUT2D eigenvalue weighted by atomic mass is 9.93. The molecule has 24 heavy (non-hydrogen) atoms. The van der Waals surface area contributed by atoms with Gasteiger partial charge in [-0.15, -0.1) is 0 Å². The quantitative estimate of drug-likeness (QED) is 0.288. The lowest BCUT2D eigenvalue weighted by Gasteiger charge is -2.36. The van der Waals surface area contributed by atoms with Crippen molar-refractivity contribution in [1.29, 1.82) is 0 Å². The minimum absolute atomic E-state index is 0.0877. The van der Waals surface area contributed by atoms with Gasteiger partial charge in [-0.05, 0) is 40.0 Å². The number of hydrogen-bond donors (Lipinski definition) is 0. The average Bonchev–Trinajstić information content (AvgIpc) is 2.54. The summed E-state index contributed by atoms with van der Waals surface area (Å²) in [6.45, 7) is 9.27. The van der Waals surface area contributed by atoms with E-state index in [4.69, 9.17) is 18.9 Å². The van der Waals surface area contributed by atoms with Crippen molar-refractivity contribution in [3.8, 4) is 0 Å². The third-order valence-electron chi connectivity index (χ3n) is 4.49. The maximum atomic E-state index is 5.84. The molecule has 4 nitrogen and oxygen atoms in total. The van der Waals surface area contributed by atoms with Gasteiger partial charge in [-0.25, -0.2) is 0 Å². The van der Waals surface area contributed by atoms with Crippen LogP contribution in [0.15, 0.2) is 0 Å². The molecule has 4 heteroatoms. The van der Waals surface area contributed by atoms with Gasteiger partial charge in [-0.2, -0.15) is 0 Å².